The Morgan fingerprint density at radius 3 is 2.38 bits per heavy atom. The minimum absolute atomic E-state index is 0.180. The van der Waals surface area contributed by atoms with Gasteiger partial charge in [-0.1, -0.05) is 34.1 Å². The monoisotopic (exact) mass is 411 g/mol. The third-order valence-corrected chi connectivity index (χ3v) is 5.32. The van der Waals surface area contributed by atoms with Crippen molar-refractivity contribution in [2.24, 2.45) is 0 Å². The van der Waals surface area contributed by atoms with Gasteiger partial charge >= 0.3 is 0 Å². The third kappa shape index (κ3) is 3.38. The maximum absolute atomic E-state index is 13.8. The summed E-state index contributed by atoms with van der Waals surface area (Å²) in [5.41, 5.74) is 2.39. The molecule has 3 rings (SSSR count). The van der Waals surface area contributed by atoms with E-state index in [0.717, 1.165) is 29.5 Å². The normalized spacial score (nSPS) is 22.2. The quantitative estimate of drug-likeness (QED) is 0.713. The number of hydrogen-bond donors (Lipinski definition) is 1. The van der Waals surface area contributed by atoms with E-state index in [1.54, 1.807) is 6.07 Å². The van der Waals surface area contributed by atoms with Gasteiger partial charge in [-0.3, -0.25) is 0 Å². The Morgan fingerprint density at radius 2 is 1.67 bits per heavy atom. The Balaban J connectivity index is 1.94. The van der Waals surface area contributed by atoms with Crippen LogP contribution in [0.15, 0.2) is 51.4 Å². The molecule has 2 aromatic rings. The van der Waals surface area contributed by atoms with Crippen LogP contribution >= 0.6 is 31.9 Å². The van der Waals surface area contributed by atoms with Crippen molar-refractivity contribution in [2.45, 2.75) is 18.3 Å². The fourth-order valence-corrected chi connectivity index (χ4v) is 3.57. The van der Waals surface area contributed by atoms with Crippen molar-refractivity contribution in [3.05, 3.63) is 68.4 Å². The third-order valence-electron chi connectivity index (χ3n) is 4.15. The summed E-state index contributed by atoms with van der Waals surface area (Å²) in [6, 6.07) is 14.0. The first-order chi connectivity index (χ1) is 10.1. The number of hydrogen-bond acceptors (Lipinski definition) is 1. The van der Waals surface area contributed by atoms with Gasteiger partial charge in [0, 0.05) is 16.9 Å². The standard InChI is InChI=1S/C17H16Br2FN/c18-13-4-1-11(2-5-13)15-10-21-8-7-14(15)12-3-6-16(19)17(20)9-12/h1-6,9,14-15,21H,7-8,10H2. The Hall–Kier alpha value is -0.710. The molecule has 0 aliphatic carbocycles. The van der Waals surface area contributed by atoms with Crippen molar-refractivity contribution in [2.75, 3.05) is 13.1 Å². The van der Waals surface area contributed by atoms with Crippen LogP contribution in [-0.2, 0) is 0 Å². The average molecular weight is 413 g/mol. The van der Waals surface area contributed by atoms with Gasteiger partial charge < -0.3 is 5.32 Å². The highest BCUT2D eigenvalue weighted by Crippen LogP contribution is 2.38. The van der Waals surface area contributed by atoms with Crippen molar-refractivity contribution in [3.63, 3.8) is 0 Å². The number of halogens is 3. The summed E-state index contributed by atoms with van der Waals surface area (Å²) in [6.07, 6.45) is 1.03. The highest BCUT2D eigenvalue weighted by Gasteiger charge is 2.28. The van der Waals surface area contributed by atoms with E-state index in [1.165, 1.54) is 5.56 Å². The molecule has 0 aromatic heterocycles. The van der Waals surface area contributed by atoms with Crippen molar-refractivity contribution in [3.8, 4) is 0 Å². The summed E-state index contributed by atoms with van der Waals surface area (Å²) >= 11 is 6.71. The molecule has 2 aromatic carbocycles. The smallest absolute Gasteiger partial charge is 0.137 e. The lowest BCUT2D eigenvalue weighted by atomic mass is 9.77. The van der Waals surface area contributed by atoms with Crippen LogP contribution in [0.2, 0.25) is 0 Å². The summed E-state index contributed by atoms with van der Waals surface area (Å²) in [5, 5.41) is 3.46. The van der Waals surface area contributed by atoms with Gasteiger partial charge in [0.2, 0.25) is 0 Å². The second-order valence-electron chi connectivity index (χ2n) is 5.43. The first-order valence-electron chi connectivity index (χ1n) is 7.06. The summed E-state index contributed by atoms with van der Waals surface area (Å²) < 4.78 is 15.5. The zero-order chi connectivity index (χ0) is 14.8. The molecule has 0 spiro atoms. The maximum atomic E-state index is 13.8. The Kier molecular flexibility index (Phi) is 4.77. The zero-order valence-electron chi connectivity index (χ0n) is 11.5. The van der Waals surface area contributed by atoms with Gasteiger partial charge in [-0.05, 0) is 70.2 Å². The highest BCUT2D eigenvalue weighted by molar-refractivity contribution is 9.10. The van der Waals surface area contributed by atoms with Crippen molar-refractivity contribution in [1.29, 1.82) is 0 Å². The number of benzene rings is 2. The van der Waals surface area contributed by atoms with Crippen LogP contribution in [0.4, 0.5) is 4.39 Å². The second kappa shape index (κ2) is 6.59. The molecule has 1 fully saturated rings. The maximum Gasteiger partial charge on any atom is 0.137 e. The van der Waals surface area contributed by atoms with E-state index in [-0.39, 0.29) is 5.82 Å². The molecule has 0 amide bonds. The molecule has 2 unspecified atom stereocenters. The summed E-state index contributed by atoms with van der Waals surface area (Å²) in [4.78, 5) is 0. The van der Waals surface area contributed by atoms with Crippen LogP contribution in [0, 0.1) is 5.82 Å². The number of nitrogens with one attached hydrogen (secondary N) is 1. The van der Waals surface area contributed by atoms with Gasteiger partial charge in [-0.25, -0.2) is 4.39 Å². The first-order valence-corrected chi connectivity index (χ1v) is 8.65. The molecule has 110 valence electrons. The summed E-state index contributed by atoms with van der Waals surface area (Å²) in [6.45, 7) is 1.92. The van der Waals surface area contributed by atoms with Crippen LogP contribution < -0.4 is 5.32 Å². The van der Waals surface area contributed by atoms with Crippen LogP contribution in [0.25, 0.3) is 0 Å². The predicted octanol–water partition coefficient (Wildman–Crippen LogP) is 5.21. The summed E-state index contributed by atoms with van der Waals surface area (Å²) in [7, 11) is 0. The molecule has 0 saturated carbocycles. The van der Waals surface area contributed by atoms with E-state index in [1.807, 2.05) is 12.1 Å². The van der Waals surface area contributed by atoms with E-state index in [9.17, 15) is 4.39 Å². The van der Waals surface area contributed by atoms with Gasteiger partial charge in [0.05, 0.1) is 4.47 Å². The number of rotatable bonds is 2. The lowest BCUT2D eigenvalue weighted by molar-refractivity contribution is 0.403. The van der Waals surface area contributed by atoms with E-state index in [0.29, 0.717) is 16.3 Å². The molecule has 1 aliphatic rings. The largest absolute Gasteiger partial charge is 0.316 e. The van der Waals surface area contributed by atoms with Gasteiger partial charge in [-0.2, -0.15) is 0 Å². The van der Waals surface area contributed by atoms with Gasteiger partial charge in [0.15, 0.2) is 0 Å². The molecule has 0 radical (unpaired) electrons. The molecule has 1 aliphatic heterocycles. The van der Waals surface area contributed by atoms with Crippen molar-refractivity contribution in [1.82, 2.24) is 5.32 Å². The van der Waals surface area contributed by atoms with Crippen molar-refractivity contribution >= 4 is 31.9 Å². The predicted molar refractivity (Wildman–Crippen MR) is 91.2 cm³/mol. The average Bonchev–Trinajstić information content (AvgIpc) is 2.51. The minimum Gasteiger partial charge on any atom is -0.316 e. The fourth-order valence-electron chi connectivity index (χ4n) is 3.06. The van der Waals surface area contributed by atoms with Gasteiger partial charge in [0.25, 0.3) is 0 Å². The Morgan fingerprint density at radius 1 is 0.952 bits per heavy atom. The van der Waals surface area contributed by atoms with Crippen LogP contribution in [0.1, 0.15) is 29.4 Å². The minimum atomic E-state index is -0.180. The van der Waals surface area contributed by atoms with E-state index in [4.69, 9.17) is 0 Å². The molecule has 1 N–H and O–H groups in total. The zero-order valence-corrected chi connectivity index (χ0v) is 14.6. The molecule has 2 atom stereocenters. The molecule has 21 heavy (non-hydrogen) atoms. The van der Waals surface area contributed by atoms with Crippen LogP contribution in [0.5, 0.6) is 0 Å². The topological polar surface area (TPSA) is 12.0 Å². The van der Waals surface area contributed by atoms with Crippen molar-refractivity contribution < 1.29 is 4.39 Å². The molecule has 1 saturated heterocycles. The number of piperidine rings is 1. The van der Waals surface area contributed by atoms with Gasteiger partial charge in [0.1, 0.15) is 5.82 Å². The summed E-state index contributed by atoms with van der Waals surface area (Å²) in [5.74, 6) is 0.558. The molecular weight excluding hydrogens is 397 g/mol. The molecule has 1 nitrogen and oxygen atoms in total. The van der Waals surface area contributed by atoms with Gasteiger partial charge in [-0.15, -0.1) is 0 Å². The van der Waals surface area contributed by atoms with Crippen LogP contribution in [0.3, 0.4) is 0 Å². The van der Waals surface area contributed by atoms with Crippen LogP contribution in [-0.4, -0.2) is 13.1 Å². The molecule has 1 heterocycles. The Bertz CT molecular complexity index is 627. The second-order valence-corrected chi connectivity index (χ2v) is 7.20. The molecule has 0 bridgehead atoms. The molecular formula is C17H16Br2FN. The van der Waals surface area contributed by atoms with E-state index < -0.39 is 0 Å². The Labute approximate surface area is 141 Å². The van der Waals surface area contributed by atoms with E-state index >= 15 is 0 Å². The lowest BCUT2D eigenvalue weighted by Crippen LogP contribution is -2.34. The SMILES string of the molecule is Fc1cc(C2CCNCC2c2ccc(Br)cc2)ccc1Br. The fraction of sp³-hybridized carbons (Fsp3) is 0.294. The molecule has 4 heteroatoms. The highest BCUT2D eigenvalue weighted by atomic mass is 79.9. The first kappa shape index (κ1) is 15.2. The van der Waals surface area contributed by atoms with E-state index in [2.05, 4.69) is 61.4 Å². The lowest BCUT2D eigenvalue weighted by Gasteiger charge is -2.33.